The van der Waals surface area contributed by atoms with E-state index in [1.54, 1.807) is 42.7 Å². The Kier molecular flexibility index (Phi) is 6.89. The zero-order chi connectivity index (χ0) is 22.2. The average Bonchev–Trinajstić information content (AvgIpc) is 3.31. The van der Waals surface area contributed by atoms with Gasteiger partial charge in [0.1, 0.15) is 12.4 Å². The van der Waals surface area contributed by atoms with Crippen LogP contribution in [0.25, 0.3) is 17.5 Å². The Balaban J connectivity index is 1.25. The van der Waals surface area contributed by atoms with Crippen molar-refractivity contribution < 1.29 is 14.1 Å². The number of hydrogen-bond donors (Lipinski definition) is 1. The first-order chi connectivity index (χ1) is 15.7. The number of rotatable bonds is 8. The summed E-state index contributed by atoms with van der Waals surface area (Å²) in [6, 6.07) is 18.4. The molecular weight excluding hydrogens is 428 g/mol. The minimum atomic E-state index is -0.270. The van der Waals surface area contributed by atoms with Gasteiger partial charge in [-0.25, -0.2) is 0 Å². The highest BCUT2D eigenvalue weighted by molar-refractivity contribution is 6.30. The fourth-order valence-electron chi connectivity index (χ4n) is 2.76. The van der Waals surface area contributed by atoms with Gasteiger partial charge in [-0.05, 0) is 54.1 Å². The van der Waals surface area contributed by atoms with Gasteiger partial charge < -0.3 is 14.6 Å². The minimum absolute atomic E-state index is 0.130. The molecule has 0 unspecified atom stereocenters. The van der Waals surface area contributed by atoms with E-state index in [1.807, 2.05) is 36.4 Å². The molecule has 8 heteroatoms. The van der Waals surface area contributed by atoms with Gasteiger partial charge in [-0.1, -0.05) is 35.0 Å². The molecule has 0 fully saturated rings. The maximum atomic E-state index is 12.1. The number of nitrogens with zero attached hydrogens (tertiary/aromatic N) is 3. The first kappa shape index (κ1) is 21.3. The summed E-state index contributed by atoms with van der Waals surface area (Å²) in [5.41, 5.74) is 2.65. The van der Waals surface area contributed by atoms with Crippen molar-refractivity contribution in [2.75, 3.05) is 0 Å². The van der Waals surface area contributed by atoms with E-state index in [9.17, 15) is 4.79 Å². The van der Waals surface area contributed by atoms with Crippen LogP contribution in [-0.4, -0.2) is 21.0 Å². The van der Waals surface area contributed by atoms with Crippen LogP contribution in [0.1, 0.15) is 17.0 Å². The summed E-state index contributed by atoms with van der Waals surface area (Å²) in [7, 11) is 0. The molecular formula is C24H19ClN4O3. The van der Waals surface area contributed by atoms with Gasteiger partial charge in [0.25, 0.3) is 0 Å². The summed E-state index contributed by atoms with van der Waals surface area (Å²) in [6.45, 7) is 0.575. The van der Waals surface area contributed by atoms with Gasteiger partial charge in [-0.2, -0.15) is 4.98 Å². The van der Waals surface area contributed by atoms with Crippen LogP contribution >= 0.6 is 11.6 Å². The smallest absolute Gasteiger partial charge is 0.246 e. The summed E-state index contributed by atoms with van der Waals surface area (Å²) in [5, 5.41) is 7.26. The number of amides is 1. The van der Waals surface area contributed by atoms with Crippen molar-refractivity contribution in [3.05, 3.63) is 101 Å². The molecule has 2 aromatic carbocycles. The van der Waals surface area contributed by atoms with Crippen molar-refractivity contribution in [2.24, 2.45) is 0 Å². The van der Waals surface area contributed by atoms with E-state index in [4.69, 9.17) is 20.9 Å². The normalized spacial score (nSPS) is 10.9. The Hall–Kier alpha value is -3.97. The first-order valence-corrected chi connectivity index (χ1v) is 10.2. The van der Waals surface area contributed by atoms with Crippen LogP contribution in [0, 0.1) is 0 Å². The van der Waals surface area contributed by atoms with E-state index in [0.29, 0.717) is 23.3 Å². The summed E-state index contributed by atoms with van der Waals surface area (Å²) in [5.74, 6) is 1.22. The first-order valence-electron chi connectivity index (χ1n) is 9.82. The van der Waals surface area contributed by atoms with Crippen molar-refractivity contribution in [1.82, 2.24) is 20.4 Å². The second kappa shape index (κ2) is 10.4. The Morgan fingerprint density at radius 3 is 2.66 bits per heavy atom. The zero-order valence-corrected chi connectivity index (χ0v) is 17.7. The molecule has 0 saturated heterocycles. The fourth-order valence-corrected chi connectivity index (χ4v) is 2.89. The quantitative estimate of drug-likeness (QED) is 0.395. The van der Waals surface area contributed by atoms with E-state index in [-0.39, 0.29) is 12.5 Å². The Bertz CT molecular complexity index is 1190. The summed E-state index contributed by atoms with van der Waals surface area (Å²) in [4.78, 5) is 20.4. The summed E-state index contributed by atoms with van der Waals surface area (Å²) in [6.07, 6.45) is 6.65. The second-order valence-electron chi connectivity index (χ2n) is 6.79. The van der Waals surface area contributed by atoms with Crippen LogP contribution in [0.2, 0.25) is 5.02 Å². The van der Waals surface area contributed by atoms with Gasteiger partial charge in [-0.15, -0.1) is 0 Å². The lowest BCUT2D eigenvalue weighted by atomic mass is 10.2. The summed E-state index contributed by atoms with van der Waals surface area (Å²) >= 11 is 5.88. The van der Waals surface area contributed by atoms with Gasteiger partial charge >= 0.3 is 0 Å². The van der Waals surface area contributed by atoms with E-state index in [1.165, 1.54) is 6.08 Å². The lowest BCUT2D eigenvalue weighted by Crippen LogP contribution is -2.20. The molecule has 7 nitrogen and oxygen atoms in total. The Morgan fingerprint density at radius 1 is 1.09 bits per heavy atom. The van der Waals surface area contributed by atoms with Gasteiger partial charge in [-0.3, -0.25) is 9.78 Å². The van der Waals surface area contributed by atoms with Gasteiger partial charge in [0.2, 0.25) is 17.6 Å². The standard InChI is InChI=1S/C24H19ClN4O3/c25-20-8-6-19(7-9-20)24-28-23(32-29-24)15-27-22(30)12-5-17-3-10-21(11-4-17)31-16-18-2-1-13-26-14-18/h1-14H,15-16H2,(H,27,30)/b12-5+. The van der Waals surface area contributed by atoms with Crippen LogP contribution in [0.3, 0.4) is 0 Å². The predicted molar refractivity (Wildman–Crippen MR) is 121 cm³/mol. The van der Waals surface area contributed by atoms with Gasteiger partial charge in [0, 0.05) is 34.6 Å². The van der Waals surface area contributed by atoms with Crippen molar-refractivity contribution in [3.63, 3.8) is 0 Å². The minimum Gasteiger partial charge on any atom is -0.489 e. The predicted octanol–water partition coefficient (Wildman–Crippen LogP) is 4.69. The lowest BCUT2D eigenvalue weighted by Gasteiger charge is -2.06. The number of halogens is 1. The molecule has 0 saturated carbocycles. The number of carbonyl (C=O) groups excluding carboxylic acids is 1. The number of aromatic nitrogens is 3. The van der Waals surface area contributed by atoms with E-state index < -0.39 is 0 Å². The van der Waals surface area contributed by atoms with Crippen LogP contribution in [0.15, 0.2) is 83.7 Å². The van der Waals surface area contributed by atoms with Gasteiger partial charge in [0.05, 0.1) is 6.54 Å². The Labute approximate surface area is 189 Å². The number of carbonyl (C=O) groups is 1. The highest BCUT2D eigenvalue weighted by Gasteiger charge is 2.09. The summed E-state index contributed by atoms with van der Waals surface area (Å²) < 4.78 is 10.9. The second-order valence-corrected chi connectivity index (χ2v) is 7.23. The number of hydrogen-bond acceptors (Lipinski definition) is 6. The zero-order valence-electron chi connectivity index (χ0n) is 16.9. The highest BCUT2D eigenvalue weighted by atomic mass is 35.5. The average molecular weight is 447 g/mol. The molecule has 160 valence electrons. The number of nitrogens with one attached hydrogen (secondary N) is 1. The molecule has 1 N–H and O–H groups in total. The van der Waals surface area contributed by atoms with Crippen LogP contribution in [-0.2, 0) is 17.9 Å². The number of pyridine rings is 1. The van der Waals surface area contributed by atoms with E-state index >= 15 is 0 Å². The van der Waals surface area contributed by atoms with Crippen LogP contribution in [0.4, 0.5) is 0 Å². The molecule has 0 spiro atoms. The van der Waals surface area contributed by atoms with E-state index in [2.05, 4.69) is 20.4 Å². The fraction of sp³-hybridized carbons (Fsp3) is 0.0833. The van der Waals surface area contributed by atoms with E-state index in [0.717, 1.165) is 22.4 Å². The molecule has 0 aliphatic rings. The molecule has 0 atom stereocenters. The van der Waals surface area contributed by atoms with Crippen molar-refractivity contribution in [2.45, 2.75) is 13.2 Å². The third kappa shape index (κ3) is 6.02. The molecule has 0 aliphatic heterocycles. The molecule has 0 aliphatic carbocycles. The molecule has 0 radical (unpaired) electrons. The molecule has 4 aromatic rings. The number of benzene rings is 2. The molecule has 4 rings (SSSR count). The molecule has 2 aromatic heterocycles. The third-order valence-electron chi connectivity index (χ3n) is 4.42. The molecule has 1 amide bonds. The largest absolute Gasteiger partial charge is 0.489 e. The monoisotopic (exact) mass is 446 g/mol. The molecule has 32 heavy (non-hydrogen) atoms. The van der Waals surface area contributed by atoms with Crippen LogP contribution < -0.4 is 10.1 Å². The van der Waals surface area contributed by atoms with Crippen molar-refractivity contribution in [1.29, 1.82) is 0 Å². The number of ether oxygens (including phenoxy) is 1. The maximum Gasteiger partial charge on any atom is 0.246 e. The SMILES string of the molecule is O=C(/C=C/c1ccc(OCc2cccnc2)cc1)NCc1nc(-c2ccc(Cl)cc2)no1. The molecule has 2 heterocycles. The third-order valence-corrected chi connectivity index (χ3v) is 4.67. The molecule has 0 bridgehead atoms. The van der Waals surface area contributed by atoms with Crippen molar-refractivity contribution >= 4 is 23.6 Å². The van der Waals surface area contributed by atoms with Crippen molar-refractivity contribution in [3.8, 4) is 17.1 Å². The maximum absolute atomic E-state index is 12.1. The highest BCUT2D eigenvalue weighted by Crippen LogP contribution is 2.18. The Morgan fingerprint density at radius 2 is 1.91 bits per heavy atom. The topological polar surface area (TPSA) is 90.1 Å². The van der Waals surface area contributed by atoms with Gasteiger partial charge in [0.15, 0.2) is 0 Å². The lowest BCUT2D eigenvalue weighted by molar-refractivity contribution is -0.116. The van der Waals surface area contributed by atoms with Crippen LogP contribution in [0.5, 0.6) is 5.75 Å².